The molecule has 0 aliphatic heterocycles. The van der Waals surface area contributed by atoms with E-state index in [4.69, 9.17) is 5.11 Å². The van der Waals surface area contributed by atoms with Gasteiger partial charge in [0.05, 0.1) is 6.61 Å². The van der Waals surface area contributed by atoms with Crippen molar-refractivity contribution in [1.29, 1.82) is 0 Å². The first-order chi connectivity index (χ1) is 8.81. The fourth-order valence-electron chi connectivity index (χ4n) is 1.80. The van der Waals surface area contributed by atoms with Gasteiger partial charge in [0.2, 0.25) is 5.91 Å². The molecule has 92 valence electrons. The summed E-state index contributed by atoms with van der Waals surface area (Å²) in [6.45, 7) is 0.229. The van der Waals surface area contributed by atoms with Crippen molar-refractivity contribution < 1.29 is 9.90 Å². The minimum atomic E-state index is -0.197. The molecule has 3 nitrogen and oxygen atoms in total. The van der Waals surface area contributed by atoms with E-state index < -0.39 is 0 Å². The monoisotopic (exact) mass is 241 g/mol. The third kappa shape index (κ3) is 2.96. The number of fused-ring (bicyclic) bond motifs is 1. The van der Waals surface area contributed by atoms with Crippen LogP contribution in [0.15, 0.2) is 48.5 Å². The van der Waals surface area contributed by atoms with E-state index in [1.807, 2.05) is 42.5 Å². The van der Waals surface area contributed by atoms with Gasteiger partial charge in [0.1, 0.15) is 0 Å². The molecule has 0 aliphatic rings. The Bertz CT molecular complexity index is 570. The summed E-state index contributed by atoms with van der Waals surface area (Å²) in [5.41, 5.74) is 1.01. The van der Waals surface area contributed by atoms with Gasteiger partial charge >= 0.3 is 0 Å². The van der Waals surface area contributed by atoms with Gasteiger partial charge in [0.25, 0.3) is 0 Å². The van der Waals surface area contributed by atoms with E-state index >= 15 is 0 Å². The summed E-state index contributed by atoms with van der Waals surface area (Å²) in [5.74, 6) is -0.197. The standard InChI is InChI=1S/C15H15NO2/c17-11-10-16-15(18)9-8-13-6-3-5-12-4-1-2-7-14(12)13/h1-9,17H,10-11H2,(H,16,18)/b9-8+. The summed E-state index contributed by atoms with van der Waals surface area (Å²) in [6, 6.07) is 14.0. The molecule has 0 unspecified atom stereocenters. The molecule has 2 aromatic rings. The molecule has 18 heavy (non-hydrogen) atoms. The van der Waals surface area contributed by atoms with Crippen molar-refractivity contribution in [3.63, 3.8) is 0 Å². The Morgan fingerprint density at radius 1 is 1.17 bits per heavy atom. The second kappa shape index (κ2) is 5.98. The van der Waals surface area contributed by atoms with Gasteiger partial charge in [-0.25, -0.2) is 0 Å². The molecule has 2 N–H and O–H groups in total. The second-order valence-electron chi connectivity index (χ2n) is 3.92. The maximum Gasteiger partial charge on any atom is 0.244 e. The van der Waals surface area contributed by atoms with Crippen LogP contribution in [-0.4, -0.2) is 24.2 Å². The van der Waals surface area contributed by atoms with Crippen LogP contribution >= 0.6 is 0 Å². The SMILES string of the molecule is O=C(/C=C/c1cccc2ccccc12)NCCO. The summed E-state index contributed by atoms with van der Waals surface area (Å²) < 4.78 is 0. The molecule has 0 saturated carbocycles. The number of carbonyl (C=O) groups excluding carboxylic acids is 1. The highest BCUT2D eigenvalue weighted by molar-refractivity contribution is 5.96. The quantitative estimate of drug-likeness (QED) is 0.804. The number of nitrogens with one attached hydrogen (secondary N) is 1. The van der Waals surface area contributed by atoms with E-state index in [1.54, 1.807) is 6.08 Å². The molecular formula is C15H15NO2. The number of carbonyl (C=O) groups is 1. The number of amides is 1. The fourth-order valence-corrected chi connectivity index (χ4v) is 1.80. The van der Waals surface area contributed by atoms with Gasteiger partial charge < -0.3 is 10.4 Å². The van der Waals surface area contributed by atoms with Gasteiger partial charge in [0, 0.05) is 12.6 Å². The number of aliphatic hydroxyl groups excluding tert-OH is 1. The van der Waals surface area contributed by atoms with Crippen molar-refractivity contribution >= 4 is 22.8 Å². The maximum atomic E-state index is 11.4. The number of aliphatic hydroxyl groups is 1. The third-order valence-electron chi connectivity index (χ3n) is 2.65. The molecule has 0 radical (unpaired) electrons. The van der Waals surface area contributed by atoms with E-state index in [0.29, 0.717) is 0 Å². The summed E-state index contributed by atoms with van der Waals surface area (Å²) in [7, 11) is 0. The van der Waals surface area contributed by atoms with Crippen LogP contribution in [0, 0.1) is 0 Å². The van der Waals surface area contributed by atoms with Crippen LogP contribution < -0.4 is 5.32 Å². The van der Waals surface area contributed by atoms with Crippen LogP contribution in [0.2, 0.25) is 0 Å². The van der Waals surface area contributed by atoms with Crippen LogP contribution in [0.4, 0.5) is 0 Å². The zero-order chi connectivity index (χ0) is 12.8. The highest BCUT2D eigenvalue weighted by Crippen LogP contribution is 2.19. The number of benzene rings is 2. The predicted molar refractivity (Wildman–Crippen MR) is 73.1 cm³/mol. The zero-order valence-electron chi connectivity index (χ0n) is 9.97. The van der Waals surface area contributed by atoms with Crippen LogP contribution in [0.1, 0.15) is 5.56 Å². The lowest BCUT2D eigenvalue weighted by Gasteiger charge is -2.02. The van der Waals surface area contributed by atoms with Crippen molar-refractivity contribution in [2.24, 2.45) is 0 Å². The van der Waals surface area contributed by atoms with E-state index in [0.717, 1.165) is 16.3 Å². The number of hydrogen-bond donors (Lipinski definition) is 2. The smallest absolute Gasteiger partial charge is 0.244 e. The highest BCUT2D eigenvalue weighted by Gasteiger charge is 1.98. The summed E-state index contributed by atoms with van der Waals surface area (Å²) in [6.07, 6.45) is 3.27. The minimum Gasteiger partial charge on any atom is -0.395 e. The number of hydrogen-bond acceptors (Lipinski definition) is 2. The molecule has 0 spiro atoms. The molecular weight excluding hydrogens is 226 g/mol. The van der Waals surface area contributed by atoms with E-state index in [2.05, 4.69) is 5.32 Å². The summed E-state index contributed by atoms with van der Waals surface area (Å²) >= 11 is 0. The lowest BCUT2D eigenvalue weighted by atomic mass is 10.0. The Labute approximate surface area is 106 Å². The van der Waals surface area contributed by atoms with Gasteiger partial charge in [0.15, 0.2) is 0 Å². The van der Waals surface area contributed by atoms with E-state index in [9.17, 15) is 4.79 Å². The van der Waals surface area contributed by atoms with Crippen molar-refractivity contribution in [2.75, 3.05) is 13.2 Å². The predicted octanol–water partition coefficient (Wildman–Crippen LogP) is 1.96. The largest absolute Gasteiger partial charge is 0.395 e. The third-order valence-corrected chi connectivity index (χ3v) is 2.65. The molecule has 0 heterocycles. The van der Waals surface area contributed by atoms with Crippen LogP contribution in [-0.2, 0) is 4.79 Å². The van der Waals surface area contributed by atoms with Crippen LogP contribution in [0.5, 0.6) is 0 Å². The molecule has 2 rings (SSSR count). The van der Waals surface area contributed by atoms with E-state index in [1.165, 1.54) is 6.08 Å². The van der Waals surface area contributed by atoms with Gasteiger partial charge in [-0.2, -0.15) is 0 Å². The molecule has 2 aromatic carbocycles. The normalized spacial score (nSPS) is 10.9. The average molecular weight is 241 g/mol. The Kier molecular flexibility index (Phi) is 4.10. The first kappa shape index (κ1) is 12.3. The van der Waals surface area contributed by atoms with Crippen molar-refractivity contribution in [3.05, 3.63) is 54.1 Å². The molecule has 0 bridgehead atoms. The van der Waals surface area contributed by atoms with Gasteiger partial charge in [-0.1, -0.05) is 42.5 Å². The lowest BCUT2D eigenvalue weighted by Crippen LogP contribution is -2.24. The summed E-state index contributed by atoms with van der Waals surface area (Å²) in [4.78, 5) is 11.4. The Morgan fingerprint density at radius 2 is 1.94 bits per heavy atom. The summed E-state index contributed by atoms with van der Waals surface area (Å²) in [5, 5.41) is 13.4. The lowest BCUT2D eigenvalue weighted by molar-refractivity contribution is -0.116. The number of rotatable bonds is 4. The van der Waals surface area contributed by atoms with Crippen molar-refractivity contribution in [1.82, 2.24) is 5.32 Å². The average Bonchev–Trinajstić information content (AvgIpc) is 2.42. The maximum absolute atomic E-state index is 11.4. The first-order valence-corrected chi connectivity index (χ1v) is 5.86. The fraction of sp³-hybridized carbons (Fsp3) is 0.133. The van der Waals surface area contributed by atoms with Gasteiger partial charge in [-0.3, -0.25) is 4.79 Å². The van der Waals surface area contributed by atoms with Crippen LogP contribution in [0.3, 0.4) is 0 Å². The molecule has 1 amide bonds. The zero-order valence-corrected chi connectivity index (χ0v) is 9.97. The Morgan fingerprint density at radius 3 is 2.78 bits per heavy atom. The molecule has 0 atom stereocenters. The molecule has 0 fully saturated rings. The molecule has 3 heteroatoms. The molecule has 0 aliphatic carbocycles. The van der Waals surface area contributed by atoms with E-state index in [-0.39, 0.29) is 19.1 Å². The minimum absolute atomic E-state index is 0.0478. The van der Waals surface area contributed by atoms with Crippen molar-refractivity contribution in [3.8, 4) is 0 Å². The molecule has 0 aromatic heterocycles. The van der Waals surface area contributed by atoms with Gasteiger partial charge in [-0.05, 0) is 22.4 Å². The molecule has 0 saturated heterocycles. The van der Waals surface area contributed by atoms with Gasteiger partial charge in [-0.15, -0.1) is 0 Å². The second-order valence-corrected chi connectivity index (χ2v) is 3.92. The first-order valence-electron chi connectivity index (χ1n) is 5.86. The topological polar surface area (TPSA) is 49.3 Å². The Balaban J connectivity index is 2.21. The van der Waals surface area contributed by atoms with Crippen LogP contribution in [0.25, 0.3) is 16.8 Å². The Hall–Kier alpha value is -2.13. The van der Waals surface area contributed by atoms with Crippen molar-refractivity contribution in [2.45, 2.75) is 0 Å². The highest BCUT2D eigenvalue weighted by atomic mass is 16.3.